The molecule has 1 aliphatic heterocycles. The molecule has 1 fully saturated rings. The van der Waals surface area contributed by atoms with Crippen LogP contribution in [0, 0.1) is 5.82 Å². The number of fused-ring (bicyclic) bond motifs is 1. The number of hydrogen-bond donors (Lipinski definition) is 0. The van der Waals surface area contributed by atoms with Gasteiger partial charge in [0.2, 0.25) is 5.91 Å². The molecule has 34 heavy (non-hydrogen) atoms. The minimum atomic E-state index is -3.89. The Balaban J connectivity index is 1.49. The quantitative estimate of drug-likeness (QED) is 0.350. The lowest BCUT2D eigenvalue weighted by Gasteiger charge is -2.28. The number of rotatable bonds is 7. The number of aromatic nitrogens is 3. The maximum atomic E-state index is 14.3. The number of thiazole rings is 1. The van der Waals surface area contributed by atoms with Crippen LogP contribution < -0.4 is 4.90 Å². The first kappa shape index (κ1) is 23.4. The molecule has 1 aromatic carbocycles. The van der Waals surface area contributed by atoms with Crippen molar-refractivity contribution in [2.24, 2.45) is 0 Å². The van der Waals surface area contributed by atoms with Crippen LogP contribution in [-0.2, 0) is 21.4 Å². The van der Waals surface area contributed by atoms with E-state index in [2.05, 4.69) is 10.1 Å². The molecular weight excluding hydrogens is 521 g/mol. The Kier molecular flexibility index (Phi) is 6.42. The third kappa shape index (κ3) is 4.36. The SMILES string of the molecule is O=C(C1CCCN1S(=O)(=O)c1ccc(Cl)s1)N(CCn1cccn1)c1nc2c(F)cccc2s1. The Bertz CT molecular complexity index is 1440. The molecule has 178 valence electrons. The van der Waals surface area contributed by atoms with Crippen molar-refractivity contribution in [3.8, 4) is 0 Å². The predicted molar refractivity (Wildman–Crippen MR) is 130 cm³/mol. The van der Waals surface area contributed by atoms with Crippen molar-refractivity contribution >= 4 is 65.6 Å². The third-order valence-electron chi connectivity index (χ3n) is 5.57. The van der Waals surface area contributed by atoms with Crippen molar-refractivity contribution in [3.05, 3.63) is 58.9 Å². The van der Waals surface area contributed by atoms with E-state index in [9.17, 15) is 17.6 Å². The van der Waals surface area contributed by atoms with Crippen molar-refractivity contribution in [2.45, 2.75) is 29.6 Å². The van der Waals surface area contributed by atoms with Crippen molar-refractivity contribution in [3.63, 3.8) is 0 Å². The molecule has 1 atom stereocenters. The van der Waals surface area contributed by atoms with Crippen molar-refractivity contribution in [2.75, 3.05) is 18.0 Å². The summed E-state index contributed by atoms with van der Waals surface area (Å²) in [5, 5.41) is 4.50. The molecule has 0 saturated carbocycles. The number of sulfonamides is 1. The van der Waals surface area contributed by atoms with Crippen molar-refractivity contribution in [1.29, 1.82) is 0 Å². The first-order valence-electron chi connectivity index (χ1n) is 10.5. The number of hydrogen-bond acceptors (Lipinski definition) is 7. The number of benzene rings is 1. The van der Waals surface area contributed by atoms with Gasteiger partial charge in [0.05, 0.1) is 15.6 Å². The minimum Gasteiger partial charge on any atom is -0.285 e. The third-order valence-corrected chi connectivity index (χ3v) is 10.2. The van der Waals surface area contributed by atoms with E-state index in [-0.39, 0.29) is 22.8 Å². The molecule has 3 aromatic heterocycles. The Morgan fingerprint density at radius 2 is 2.09 bits per heavy atom. The molecule has 1 unspecified atom stereocenters. The smallest absolute Gasteiger partial charge is 0.253 e. The molecule has 1 amide bonds. The highest BCUT2D eigenvalue weighted by molar-refractivity contribution is 7.91. The number of anilines is 1. The number of para-hydroxylation sites is 1. The van der Waals surface area contributed by atoms with Gasteiger partial charge in [-0.1, -0.05) is 29.0 Å². The lowest BCUT2D eigenvalue weighted by molar-refractivity contribution is -0.121. The van der Waals surface area contributed by atoms with E-state index in [0.717, 1.165) is 11.3 Å². The Morgan fingerprint density at radius 3 is 2.79 bits per heavy atom. The highest BCUT2D eigenvalue weighted by Crippen LogP contribution is 2.35. The van der Waals surface area contributed by atoms with Gasteiger partial charge < -0.3 is 0 Å². The normalized spacial score (nSPS) is 16.9. The zero-order valence-electron chi connectivity index (χ0n) is 17.7. The first-order valence-corrected chi connectivity index (χ1v) is 13.9. The second-order valence-corrected chi connectivity index (χ2v) is 12.5. The second kappa shape index (κ2) is 9.34. The van der Waals surface area contributed by atoms with Gasteiger partial charge in [0.15, 0.2) is 5.13 Å². The van der Waals surface area contributed by atoms with Crippen LogP contribution in [0.1, 0.15) is 12.8 Å². The van der Waals surface area contributed by atoms with Gasteiger partial charge in [0.1, 0.15) is 21.6 Å². The van der Waals surface area contributed by atoms with Gasteiger partial charge in [-0.15, -0.1) is 11.3 Å². The van der Waals surface area contributed by atoms with Gasteiger partial charge in [0, 0.05) is 25.5 Å². The number of carbonyl (C=O) groups is 1. The van der Waals surface area contributed by atoms with Gasteiger partial charge in [-0.25, -0.2) is 17.8 Å². The molecule has 13 heteroatoms. The summed E-state index contributed by atoms with van der Waals surface area (Å²) in [7, 11) is -3.89. The summed E-state index contributed by atoms with van der Waals surface area (Å²) in [6, 6.07) is 8.51. The van der Waals surface area contributed by atoms with Crippen LogP contribution in [0.2, 0.25) is 4.34 Å². The number of carbonyl (C=O) groups excluding carboxylic acids is 1. The maximum absolute atomic E-state index is 14.3. The van der Waals surface area contributed by atoms with Gasteiger partial charge in [0.25, 0.3) is 10.0 Å². The number of amides is 1. The largest absolute Gasteiger partial charge is 0.285 e. The molecule has 1 saturated heterocycles. The molecular formula is C21H19ClFN5O3S3. The van der Waals surface area contributed by atoms with Gasteiger partial charge in [-0.05, 0) is 43.2 Å². The van der Waals surface area contributed by atoms with Crippen LogP contribution in [-0.4, -0.2) is 52.5 Å². The Hall–Kier alpha value is -2.38. The van der Waals surface area contributed by atoms with Crippen LogP contribution in [0.3, 0.4) is 0 Å². The van der Waals surface area contributed by atoms with E-state index in [1.807, 2.05) is 0 Å². The summed E-state index contributed by atoms with van der Waals surface area (Å²) in [4.78, 5) is 19.6. The average molecular weight is 540 g/mol. The highest BCUT2D eigenvalue weighted by atomic mass is 35.5. The molecule has 8 nitrogen and oxygen atoms in total. The number of thiophene rings is 1. The summed E-state index contributed by atoms with van der Waals surface area (Å²) in [5.41, 5.74) is 0.184. The molecule has 0 N–H and O–H groups in total. The summed E-state index contributed by atoms with van der Waals surface area (Å²) >= 11 is 8.11. The summed E-state index contributed by atoms with van der Waals surface area (Å²) in [5.74, 6) is -0.866. The molecule has 4 aromatic rings. The van der Waals surface area contributed by atoms with E-state index in [1.165, 1.54) is 38.7 Å². The first-order chi connectivity index (χ1) is 16.3. The standard InChI is InChI=1S/C21H19ClFN5O3S3/c22-17-7-8-18(33-17)34(30,31)28-11-2-5-15(28)20(29)27(13-12-26-10-3-9-24-26)21-25-19-14(23)4-1-6-16(19)32-21/h1,3-4,6-10,15H,2,5,11-13H2. The van der Waals surface area contributed by atoms with E-state index in [0.29, 0.717) is 33.6 Å². The Labute approximate surface area is 208 Å². The molecule has 5 rings (SSSR count). The fourth-order valence-corrected chi connectivity index (χ4v) is 8.23. The lowest BCUT2D eigenvalue weighted by atomic mass is 10.2. The molecule has 0 bridgehead atoms. The van der Waals surface area contributed by atoms with Crippen molar-refractivity contribution < 1.29 is 17.6 Å². The van der Waals surface area contributed by atoms with Gasteiger partial charge >= 0.3 is 0 Å². The van der Waals surface area contributed by atoms with Gasteiger partial charge in [-0.2, -0.15) is 9.40 Å². The topological polar surface area (TPSA) is 88.4 Å². The van der Waals surface area contributed by atoms with E-state index >= 15 is 0 Å². The van der Waals surface area contributed by atoms with E-state index < -0.39 is 27.8 Å². The van der Waals surface area contributed by atoms with Crippen LogP contribution in [0.25, 0.3) is 10.2 Å². The predicted octanol–water partition coefficient (Wildman–Crippen LogP) is 4.23. The summed E-state index contributed by atoms with van der Waals surface area (Å²) in [6.07, 6.45) is 4.34. The fourth-order valence-electron chi connectivity index (χ4n) is 3.96. The average Bonchev–Trinajstić information content (AvgIpc) is 3.59. The van der Waals surface area contributed by atoms with Crippen molar-refractivity contribution in [1.82, 2.24) is 19.1 Å². The fraction of sp³-hybridized carbons (Fsp3) is 0.286. The van der Waals surface area contributed by atoms with Crippen LogP contribution >= 0.6 is 34.3 Å². The molecule has 0 radical (unpaired) electrons. The monoisotopic (exact) mass is 539 g/mol. The molecule has 0 aliphatic carbocycles. The zero-order chi connectivity index (χ0) is 23.9. The van der Waals surface area contributed by atoms with E-state index in [1.54, 1.807) is 35.3 Å². The van der Waals surface area contributed by atoms with Crippen LogP contribution in [0.4, 0.5) is 9.52 Å². The zero-order valence-corrected chi connectivity index (χ0v) is 20.9. The second-order valence-electron chi connectivity index (χ2n) is 7.67. The molecule has 0 spiro atoms. The summed E-state index contributed by atoms with van der Waals surface area (Å²) < 4.78 is 44.9. The lowest BCUT2D eigenvalue weighted by Crippen LogP contribution is -2.48. The maximum Gasteiger partial charge on any atom is 0.253 e. The molecule has 1 aliphatic rings. The molecule has 4 heterocycles. The van der Waals surface area contributed by atoms with Gasteiger partial charge in [-0.3, -0.25) is 14.4 Å². The number of nitrogens with zero attached hydrogens (tertiary/aromatic N) is 5. The highest BCUT2D eigenvalue weighted by Gasteiger charge is 2.42. The van der Waals surface area contributed by atoms with E-state index in [4.69, 9.17) is 11.6 Å². The van der Waals surface area contributed by atoms with Crippen LogP contribution in [0.15, 0.2) is 53.0 Å². The van der Waals surface area contributed by atoms with Crippen LogP contribution in [0.5, 0.6) is 0 Å². The summed E-state index contributed by atoms with van der Waals surface area (Å²) in [6.45, 7) is 0.810. The minimum absolute atomic E-state index is 0.0994. The Morgan fingerprint density at radius 1 is 1.24 bits per heavy atom. The number of halogens is 2.